The molecular formula is C23H28N4O3. The molecule has 7 heteroatoms. The van der Waals surface area contributed by atoms with E-state index in [1.54, 1.807) is 7.05 Å². The molecule has 0 bridgehead atoms. The van der Waals surface area contributed by atoms with Gasteiger partial charge in [-0.3, -0.25) is 9.79 Å². The predicted molar refractivity (Wildman–Crippen MR) is 117 cm³/mol. The molecule has 2 N–H and O–H groups in total. The number of carbonyl (C=O) groups is 1. The minimum Gasteiger partial charge on any atom is -0.490 e. The van der Waals surface area contributed by atoms with Gasteiger partial charge in [0.1, 0.15) is 0 Å². The van der Waals surface area contributed by atoms with E-state index in [1.807, 2.05) is 29.2 Å². The number of aliphatic imine (C=N–C) groups is 1. The predicted octanol–water partition coefficient (Wildman–Crippen LogP) is 3.16. The number of nitrogens with zero attached hydrogens (tertiary/aromatic N) is 2. The van der Waals surface area contributed by atoms with Crippen molar-refractivity contribution in [3.63, 3.8) is 0 Å². The van der Waals surface area contributed by atoms with Crippen LogP contribution < -0.4 is 20.1 Å². The molecule has 2 aliphatic rings. The van der Waals surface area contributed by atoms with Crippen LogP contribution in [-0.4, -0.2) is 43.6 Å². The van der Waals surface area contributed by atoms with Gasteiger partial charge in [0.2, 0.25) is 5.91 Å². The van der Waals surface area contributed by atoms with Crippen molar-refractivity contribution in [1.82, 2.24) is 10.2 Å². The molecule has 7 nitrogen and oxygen atoms in total. The second-order valence-corrected chi connectivity index (χ2v) is 7.50. The summed E-state index contributed by atoms with van der Waals surface area (Å²) in [6.07, 6.45) is 2.51. The summed E-state index contributed by atoms with van der Waals surface area (Å²) in [6, 6.07) is 14.1. The first-order chi connectivity index (χ1) is 14.7. The van der Waals surface area contributed by atoms with Crippen LogP contribution in [0, 0.1) is 0 Å². The second kappa shape index (κ2) is 9.52. The van der Waals surface area contributed by atoms with E-state index < -0.39 is 0 Å². The molecule has 0 spiro atoms. The Balaban J connectivity index is 1.35. The number of nitrogens with one attached hydrogen (secondary N) is 2. The van der Waals surface area contributed by atoms with E-state index in [0.29, 0.717) is 38.7 Å². The summed E-state index contributed by atoms with van der Waals surface area (Å²) in [6.45, 7) is 3.49. The minimum absolute atomic E-state index is 0.248. The zero-order chi connectivity index (χ0) is 20.8. The Morgan fingerprint density at radius 3 is 2.70 bits per heavy atom. The molecule has 0 saturated carbocycles. The zero-order valence-corrected chi connectivity index (χ0v) is 17.3. The number of amides is 1. The fourth-order valence-electron chi connectivity index (χ4n) is 3.67. The van der Waals surface area contributed by atoms with Crippen LogP contribution in [-0.2, 0) is 17.9 Å². The Morgan fingerprint density at radius 2 is 1.90 bits per heavy atom. The molecule has 2 aromatic rings. The Bertz CT molecular complexity index is 928. The maximum absolute atomic E-state index is 11.9. The first kappa shape index (κ1) is 20.1. The Morgan fingerprint density at radius 1 is 1.07 bits per heavy atom. The number of fused-ring (bicyclic) bond motifs is 1. The van der Waals surface area contributed by atoms with Crippen LogP contribution in [0.25, 0.3) is 0 Å². The third kappa shape index (κ3) is 5.03. The van der Waals surface area contributed by atoms with Gasteiger partial charge < -0.3 is 25.0 Å². The summed E-state index contributed by atoms with van der Waals surface area (Å²) in [4.78, 5) is 18.1. The lowest BCUT2D eigenvalue weighted by Crippen LogP contribution is -2.30. The number of anilines is 1. The lowest BCUT2D eigenvalue weighted by molar-refractivity contribution is -0.128. The summed E-state index contributed by atoms with van der Waals surface area (Å²) in [7, 11) is 1.74. The van der Waals surface area contributed by atoms with Crippen LogP contribution in [0.3, 0.4) is 0 Å². The standard InChI is InChI=1S/C23H28N4O3/c1-24-23(26-19-8-9-20-21(14-19)30-12-4-11-29-20)25-15-17-5-2-6-18(13-17)16-27-10-3-7-22(27)28/h2,5-6,8-9,13-14H,3-4,7,10-12,15-16H2,1H3,(H2,24,25,26). The summed E-state index contributed by atoms with van der Waals surface area (Å²) in [5.74, 6) is 2.44. The normalized spacial score (nSPS) is 16.4. The van der Waals surface area contributed by atoms with E-state index in [9.17, 15) is 4.79 Å². The molecule has 1 saturated heterocycles. The molecule has 2 aliphatic heterocycles. The molecule has 0 aliphatic carbocycles. The van der Waals surface area contributed by atoms with Crippen LogP contribution in [0.1, 0.15) is 30.4 Å². The molecule has 2 heterocycles. The molecule has 1 amide bonds. The number of rotatable bonds is 5. The number of hydrogen-bond acceptors (Lipinski definition) is 4. The third-order valence-electron chi connectivity index (χ3n) is 5.23. The van der Waals surface area contributed by atoms with Crippen LogP contribution in [0.2, 0.25) is 0 Å². The van der Waals surface area contributed by atoms with Crippen LogP contribution in [0.5, 0.6) is 11.5 Å². The Labute approximate surface area is 177 Å². The maximum Gasteiger partial charge on any atom is 0.222 e. The van der Waals surface area contributed by atoms with Gasteiger partial charge in [-0.25, -0.2) is 0 Å². The van der Waals surface area contributed by atoms with Crippen molar-refractivity contribution >= 4 is 17.6 Å². The van der Waals surface area contributed by atoms with Crippen molar-refractivity contribution in [3.05, 3.63) is 53.6 Å². The average Bonchev–Trinajstić information content (AvgIpc) is 3.02. The molecule has 0 atom stereocenters. The third-order valence-corrected chi connectivity index (χ3v) is 5.23. The van der Waals surface area contributed by atoms with Crippen molar-refractivity contribution in [2.45, 2.75) is 32.4 Å². The number of guanidine groups is 1. The van der Waals surface area contributed by atoms with Gasteiger partial charge in [0.05, 0.1) is 13.2 Å². The van der Waals surface area contributed by atoms with Gasteiger partial charge in [-0.15, -0.1) is 0 Å². The smallest absolute Gasteiger partial charge is 0.222 e. The highest BCUT2D eigenvalue weighted by molar-refractivity contribution is 5.93. The van der Waals surface area contributed by atoms with Crippen molar-refractivity contribution in [2.24, 2.45) is 4.99 Å². The van der Waals surface area contributed by atoms with Crippen LogP contribution in [0.15, 0.2) is 47.5 Å². The van der Waals surface area contributed by atoms with Gasteiger partial charge in [0, 0.05) is 51.3 Å². The van der Waals surface area contributed by atoms with Gasteiger partial charge in [0.15, 0.2) is 17.5 Å². The highest BCUT2D eigenvalue weighted by Crippen LogP contribution is 2.32. The lowest BCUT2D eigenvalue weighted by Gasteiger charge is -2.17. The van der Waals surface area contributed by atoms with Gasteiger partial charge in [-0.1, -0.05) is 24.3 Å². The monoisotopic (exact) mass is 408 g/mol. The van der Waals surface area contributed by atoms with Gasteiger partial charge in [0.25, 0.3) is 0 Å². The topological polar surface area (TPSA) is 75.2 Å². The summed E-state index contributed by atoms with van der Waals surface area (Å²) < 4.78 is 11.4. The molecule has 158 valence electrons. The molecule has 30 heavy (non-hydrogen) atoms. The van der Waals surface area contributed by atoms with E-state index in [2.05, 4.69) is 33.8 Å². The molecule has 0 unspecified atom stereocenters. The Hall–Kier alpha value is -3.22. The largest absolute Gasteiger partial charge is 0.490 e. The van der Waals surface area contributed by atoms with E-state index in [1.165, 1.54) is 0 Å². The fourth-order valence-corrected chi connectivity index (χ4v) is 3.67. The van der Waals surface area contributed by atoms with E-state index >= 15 is 0 Å². The molecule has 2 aromatic carbocycles. The minimum atomic E-state index is 0.248. The highest BCUT2D eigenvalue weighted by Gasteiger charge is 2.20. The summed E-state index contributed by atoms with van der Waals surface area (Å²) in [5.41, 5.74) is 3.17. The summed E-state index contributed by atoms with van der Waals surface area (Å²) in [5, 5.41) is 6.64. The zero-order valence-electron chi connectivity index (χ0n) is 17.3. The summed E-state index contributed by atoms with van der Waals surface area (Å²) >= 11 is 0. The van der Waals surface area contributed by atoms with Gasteiger partial charge in [-0.2, -0.15) is 0 Å². The van der Waals surface area contributed by atoms with E-state index in [4.69, 9.17) is 9.47 Å². The molecule has 0 radical (unpaired) electrons. The number of benzene rings is 2. The Kier molecular flexibility index (Phi) is 6.37. The van der Waals surface area contributed by atoms with Gasteiger partial charge in [-0.05, 0) is 29.7 Å². The van der Waals surface area contributed by atoms with E-state index in [0.717, 1.165) is 47.7 Å². The maximum atomic E-state index is 11.9. The molecule has 1 fully saturated rings. The van der Waals surface area contributed by atoms with Crippen molar-refractivity contribution in [2.75, 3.05) is 32.1 Å². The molecular weight excluding hydrogens is 380 g/mol. The fraction of sp³-hybridized carbons (Fsp3) is 0.391. The van der Waals surface area contributed by atoms with Gasteiger partial charge >= 0.3 is 0 Å². The lowest BCUT2D eigenvalue weighted by atomic mass is 10.1. The van der Waals surface area contributed by atoms with Crippen LogP contribution >= 0.6 is 0 Å². The van der Waals surface area contributed by atoms with Crippen molar-refractivity contribution < 1.29 is 14.3 Å². The number of likely N-dealkylation sites (tertiary alicyclic amines) is 1. The number of carbonyl (C=O) groups excluding carboxylic acids is 1. The first-order valence-corrected chi connectivity index (χ1v) is 10.4. The van der Waals surface area contributed by atoms with Crippen LogP contribution in [0.4, 0.5) is 5.69 Å². The SMILES string of the molecule is CN=C(NCc1cccc(CN2CCCC2=O)c1)Nc1ccc2c(c1)OCCCO2. The molecule has 0 aromatic heterocycles. The van der Waals surface area contributed by atoms with Crippen molar-refractivity contribution in [3.8, 4) is 11.5 Å². The average molecular weight is 409 g/mol. The quantitative estimate of drug-likeness (QED) is 0.587. The molecule has 4 rings (SSSR count). The number of hydrogen-bond donors (Lipinski definition) is 2. The number of ether oxygens (including phenoxy) is 2. The highest BCUT2D eigenvalue weighted by atomic mass is 16.5. The second-order valence-electron chi connectivity index (χ2n) is 7.50. The first-order valence-electron chi connectivity index (χ1n) is 10.4. The van der Waals surface area contributed by atoms with E-state index in [-0.39, 0.29) is 5.91 Å². The van der Waals surface area contributed by atoms with Crippen molar-refractivity contribution in [1.29, 1.82) is 0 Å².